The number of hydrogen-bond acceptors (Lipinski definition) is 6. The normalized spacial score (nSPS) is 15.4. The lowest BCUT2D eigenvalue weighted by Gasteiger charge is -2.15. The predicted molar refractivity (Wildman–Crippen MR) is 118 cm³/mol. The highest BCUT2D eigenvalue weighted by Gasteiger charge is 2.28. The zero-order chi connectivity index (χ0) is 22.3. The zero-order valence-electron chi connectivity index (χ0n) is 17.7. The second-order valence-electron chi connectivity index (χ2n) is 8.26. The first kappa shape index (κ1) is 20.7. The number of nitrogens with zero attached hydrogens (tertiary/aromatic N) is 3. The standard InChI is InChI=1S/C23H24N4O4S/c1-31-23-11-16(9-10-24-23)20-8-5-15-3-2-4-19(15)21(20)12-22(28)26-32(29,30)18-13-25-27(14-18)17-6-7-17/h5,8-11,13-14,17H,2-4,6-7,12H2,1H3,(H,26,28). The monoisotopic (exact) mass is 452 g/mol. The molecule has 9 heteroatoms. The van der Waals surface area contributed by atoms with Crippen molar-refractivity contribution in [1.29, 1.82) is 0 Å². The van der Waals surface area contributed by atoms with Crippen LogP contribution in [0.25, 0.3) is 11.1 Å². The quantitative estimate of drug-likeness (QED) is 0.591. The average molecular weight is 453 g/mol. The van der Waals surface area contributed by atoms with Gasteiger partial charge in [-0.3, -0.25) is 9.48 Å². The molecule has 5 rings (SSSR count). The first-order valence-corrected chi connectivity index (χ1v) is 12.2. The Morgan fingerprint density at radius 2 is 2.09 bits per heavy atom. The number of pyridine rings is 1. The van der Waals surface area contributed by atoms with Crippen LogP contribution in [0.3, 0.4) is 0 Å². The average Bonchev–Trinajstić information content (AvgIpc) is 3.29. The number of carbonyl (C=O) groups is 1. The minimum atomic E-state index is -3.98. The fourth-order valence-electron chi connectivity index (χ4n) is 4.31. The van der Waals surface area contributed by atoms with E-state index in [9.17, 15) is 13.2 Å². The highest BCUT2D eigenvalue weighted by molar-refractivity contribution is 7.90. The third-order valence-electron chi connectivity index (χ3n) is 6.05. The first-order valence-electron chi connectivity index (χ1n) is 10.7. The van der Waals surface area contributed by atoms with Crippen LogP contribution in [0.1, 0.15) is 42.0 Å². The molecule has 166 valence electrons. The number of rotatable bonds is 7. The number of benzene rings is 1. The van der Waals surface area contributed by atoms with Gasteiger partial charge in [0.15, 0.2) is 0 Å². The molecule has 0 radical (unpaired) electrons. The summed E-state index contributed by atoms with van der Waals surface area (Å²) in [7, 11) is -2.42. The third kappa shape index (κ3) is 4.00. The van der Waals surface area contributed by atoms with Crippen LogP contribution >= 0.6 is 0 Å². The SMILES string of the molecule is COc1cc(-c2ccc3c(c2CC(=O)NS(=O)(=O)c2cnn(C4CC4)c2)CCC3)ccn1. The maximum Gasteiger partial charge on any atom is 0.267 e. The van der Waals surface area contributed by atoms with Crippen molar-refractivity contribution < 1.29 is 17.9 Å². The minimum Gasteiger partial charge on any atom is -0.481 e. The summed E-state index contributed by atoms with van der Waals surface area (Å²) >= 11 is 0. The van der Waals surface area contributed by atoms with Crippen LogP contribution in [0.15, 0.2) is 47.8 Å². The molecule has 0 atom stereocenters. The summed E-state index contributed by atoms with van der Waals surface area (Å²) in [4.78, 5) is 17.1. The zero-order valence-corrected chi connectivity index (χ0v) is 18.6. The Balaban J connectivity index is 1.43. The second-order valence-corrected chi connectivity index (χ2v) is 9.94. The van der Waals surface area contributed by atoms with Gasteiger partial charge in [-0.25, -0.2) is 18.1 Å². The molecule has 0 spiro atoms. The molecular weight excluding hydrogens is 428 g/mol. The molecule has 1 saturated carbocycles. The van der Waals surface area contributed by atoms with Crippen molar-refractivity contribution >= 4 is 15.9 Å². The fraction of sp³-hybridized carbons (Fsp3) is 0.348. The van der Waals surface area contributed by atoms with Crippen molar-refractivity contribution in [2.45, 2.75) is 49.5 Å². The summed E-state index contributed by atoms with van der Waals surface area (Å²) in [6.07, 6.45) is 9.25. The summed E-state index contributed by atoms with van der Waals surface area (Å²) in [5, 5.41) is 4.12. The Bertz CT molecular complexity index is 1300. The van der Waals surface area contributed by atoms with Crippen LogP contribution in [-0.2, 0) is 34.1 Å². The van der Waals surface area contributed by atoms with E-state index in [1.54, 1.807) is 18.0 Å². The van der Waals surface area contributed by atoms with Crippen molar-refractivity contribution in [3.63, 3.8) is 0 Å². The number of carbonyl (C=O) groups excluding carboxylic acids is 1. The van der Waals surface area contributed by atoms with E-state index < -0.39 is 15.9 Å². The maximum atomic E-state index is 12.9. The van der Waals surface area contributed by atoms with E-state index in [1.807, 2.05) is 18.2 Å². The Hall–Kier alpha value is -3.20. The summed E-state index contributed by atoms with van der Waals surface area (Å²) < 4.78 is 34.6. The molecule has 3 aromatic rings. The highest BCUT2D eigenvalue weighted by Crippen LogP contribution is 2.35. The van der Waals surface area contributed by atoms with Gasteiger partial charge in [-0.2, -0.15) is 5.10 Å². The fourth-order valence-corrected chi connectivity index (χ4v) is 5.23. The van der Waals surface area contributed by atoms with Gasteiger partial charge >= 0.3 is 0 Å². The van der Waals surface area contributed by atoms with Gasteiger partial charge in [0, 0.05) is 18.5 Å². The van der Waals surface area contributed by atoms with E-state index in [2.05, 4.69) is 20.9 Å². The second kappa shape index (κ2) is 8.05. The van der Waals surface area contributed by atoms with Gasteiger partial charge in [0.05, 0.1) is 25.8 Å². The maximum absolute atomic E-state index is 12.9. The van der Waals surface area contributed by atoms with Crippen LogP contribution in [-0.4, -0.2) is 36.2 Å². The van der Waals surface area contributed by atoms with Crippen LogP contribution in [0.5, 0.6) is 5.88 Å². The minimum absolute atomic E-state index is 0.00938. The van der Waals surface area contributed by atoms with Gasteiger partial charge in [0.2, 0.25) is 11.8 Å². The molecule has 0 bridgehead atoms. The molecule has 1 amide bonds. The predicted octanol–water partition coefficient (Wildman–Crippen LogP) is 2.82. The van der Waals surface area contributed by atoms with Crippen LogP contribution in [0.2, 0.25) is 0 Å². The van der Waals surface area contributed by atoms with Crippen molar-refractivity contribution in [3.05, 3.63) is 59.5 Å². The number of amides is 1. The van der Waals surface area contributed by atoms with Gasteiger partial charge in [-0.05, 0) is 66.0 Å². The Morgan fingerprint density at radius 1 is 1.25 bits per heavy atom. The summed E-state index contributed by atoms with van der Waals surface area (Å²) in [5.41, 5.74) is 4.97. The lowest BCUT2D eigenvalue weighted by atomic mass is 9.91. The molecule has 0 unspecified atom stereocenters. The summed E-state index contributed by atoms with van der Waals surface area (Å²) in [6.45, 7) is 0. The van der Waals surface area contributed by atoms with Gasteiger partial charge in [0.1, 0.15) is 4.90 Å². The molecule has 1 aromatic carbocycles. The van der Waals surface area contributed by atoms with Gasteiger partial charge in [-0.15, -0.1) is 0 Å². The summed E-state index contributed by atoms with van der Waals surface area (Å²) in [6, 6.07) is 8.04. The van der Waals surface area contributed by atoms with E-state index in [-0.39, 0.29) is 17.4 Å². The first-order chi connectivity index (χ1) is 15.4. The van der Waals surface area contributed by atoms with Crippen LogP contribution < -0.4 is 9.46 Å². The molecule has 2 heterocycles. The number of aryl methyl sites for hydroxylation is 1. The van der Waals surface area contributed by atoms with Crippen LogP contribution in [0, 0.1) is 0 Å². The number of hydrogen-bond donors (Lipinski definition) is 1. The molecule has 1 N–H and O–H groups in total. The van der Waals surface area contributed by atoms with E-state index in [0.717, 1.165) is 54.4 Å². The highest BCUT2D eigenvalue weighted by atomic mass is 32.2. The smallest absolute Gasteiger partial charge is 0.267 e. The largest absolute Gasteiger partial charge is 0.481 e. The van der Waals surface area contributed by atoms with Crippen molar-refractivity contribution in [3.8, 4) is 17.0 Å². The van der Waals surface area contributed by atoms with E-state index in [4.69, 9.17) is 4.74 Å². The van der Waals surface area contributed by atoms with Gasteiger partial charge in [-0.1, -0.05) is 12.1 Å². The number of methoxy groups -OCH3 is 1. The summed E-state index contributed by atoms with van der Waals surface area (Å²) in [5.74, 6) is -0.0830. The topological polar surface area (TPSA) is 103 Å². The molecule has 2 aliphatic carbocycles. The lowest BCUT2D eigenvalue weighted by Crippen LogP contribution is -2.32. The number of ether oxygens (including phenoxy) is 1. The van der Waals surface area contributed by atoms with E-state index in [0.29, 0.717) is 5.88 Å². The number of sulfonamides is 1. The number of aromatic nitrogens is 3. The molecular formula is C23H24N4O4S. The van der Waals surface area contributed by atoms with Gasteiger partial charge in [0.25, 0.3) is 10.0 Å². The lowest BCUT2D eigenvalue weighted by molar-refractivity contribution is -0.118. The van der Waals surface area contributed by atoms with Crippen molar-refractivity contribution in [2.24, 2.45) is 0 Å². The van der Waals surface area contributed by atoms with E-state index in [1.165, 1.54) is 18.0 Å². The van der Waals surface area contributed by atoms with Gasteiger partial charge < -0.3 is 4.74 Å². The number of fused-ring (bicyclic) bond motifs is 1. The van der Waals surface area contributed by atoms with E-state index >= 15 is 0 Å². The molecule has 32 heavy (non-hydrogen) atoms. The molecule has 1 fully saturated rings. The molecule has 2 aromatic heterocycles. The molecule has 0 saturated heterocycles. The third-order valence-corrected chi connectivity index (χ3v) is 7.38. The Labute approximate surface area is 186 Å². The van der Waals surface area contributed by atoms with Crippen LogP contribution in [0.4, 0.5) is 0 Å². The molecule has 0 aliphatic heterocycles. The Kier molecular flexibility index (Phi) is 5.21. The molecule has 2 aliphatic rings. The van der Waals surface area contributed by atoms with Crippen molar-refractivity contribution in [1.82, 2.24) is 19.5 Å². The Morgan fingerprint density at radius 3 is 2.88 bits per heavy atom. The number of nitrogens with one attached hydrogen (secondary N) is 1. The van der Waals surface area contributed by atoms with Crippen molar-refractivity contribution in [2.75, 3.05) is 7.11 Å². The molecule has 8 nitrogen and oxygen atoms in total.